The zero-order valence-corrected chi connectivity index (χ0v) is 12.4. The molecule has 0 saturated heterocycles. The molecular weight excluding hydrogens is 298 g/mol. The van der Waals surface area contributed by atoms with E-state index in [2.05, 4.69) is 5.32 Å². The Morgan fingerprint density at radius 3 is 2.59 bits per heavy atom. The second kappa shape index (κ2) is 5.99. The van der Waals surface area contributed by atoms with Crippen LogP contribution in [0.5, 0.6) is 0 Å². The lowest BCUT2D eigenvalue weighted by molar-refractivity contribution is -0.115. The van der Waals surface area contributed by atoms with Gasteiger partial charge in [-0.25, -0.2) is 4.79 Å². The Bertz CT molecular complexity index is 854. The highest BCUT2D eigenvalue weighted by atomic mass is 32.1. The van der Waals surface area contributed by atoms with E-state index in [1.54, 1.807) is 11.4 Å². The summed E-state index contributed by atoms with van der Waals surface area (Å²) in [6.07, 6.45) is 0.208. The highest BCUT2D eigenvalue weighted by Gasteiger charge is 2.14. The summed E-state index contributed by atoms with van der Waals surface area (Å²) in [7, 11) is 0. The van der Waals surface area contributed by atoms with Crippen LogP contribution in [0.25, 0.3) is 10.8 Å². The molecule has 2 aromatic carbocycles. The predicted octanol–water partition coefficient (Wildman–Crippen LogP) is 3.78. The molecule has 2 N–H and O–H groups in total. The summed E-state index contributed by atoms with van der Waals surface area (Å²) in [6, 6.07) is 15.4. The third kappa shape index (κ3) is 2.99. The lowest BCUT2D eigenvalue weighted by atomic mass is 10.0. The van der Waals surface area contributed by atoms with Gasteiger partial charge >= 0.3 is 5.97 Å². The van der Waals surface area contributed by atoms with E-state index in [1.165, 1.54) is 0 Å². The number of carbonyl (C=O) groups excluding carboxylic acids is 1. The van der Waals surface area contributed by atoms with Crippen molar-refractivity contribution in [3.8, 4) is 0 Å². The molecule has 0 saturated carbocycles. The van der Waals surface area contributed by atoms with Crippen molar-refractivity contribution in [1.82, 2.24) is 0 Å². The standard InChI is InChI=1S/C17H13NO3S/c19-15(18-14-7-8-22-16(14)17(20)21)10-11-5-6-12-3-1-2-4-13(12)9-11/h1-9H,10H2,(H,18,19)(H,20,21). The summed E-state index contributed by atoms with van der Waals surface area (Å²) in [5.74, 6) is -1.26. The predicted molar refractivity (Wildman–Crippen MR) is 87.6 cm³/mol. The molecule has 0 aliphatic heterocycles. The van der Waals surface area contributed by atoms with Crippen LogP contribution >= 0.6 is 11.3 Å². The first-order chi connectivity index (χ1) is 10.6. The van der Waals surface area contributed by atoms with Crippen LogP contribution in [-0.4, -0.2) is 17.0 Å². The molecule has 0 aliphatic carbocycles. The lowest BCUT2D eigenvalue weighted by Crippen LogP contribution is -2.15. The van der Waals surface area contributed by atoms with Crippen LogP contribution in [-0.2, 0) is 11.2 Å². The Morgan fingerprint density at radius 1 is 1.05 bits per heavy atom. The van der Waals surface area contributed by atoms with Gasteiger partial charge in [-0.15, -0.1) is 11.3 Å². The van der Waals surface area contributed by atoms with E-state index in [-0.39, 0.29) is 17.2 Å². The number of carboxylic acids is 1. The third-order valence-corrected chi connectivity index (χ3v) is 4.21. The van der Waals surface area contributed by atoms with Gasteiger partial charge in [-0.1, -0.05) is 42.5 Å². The maximum atomic E-state index is 12.1. The van der Waals surface area contributed by atoms with Crippen LogP contribution < -0.4 is 5.32 Å². The van der Waals surface area contributed by atoms with Crippen molar-refractivity contribution >= 4 is 39.7 Å². The van der Waals surface area contributed by atoms with E-state index in [1.807, 2.05) is 42.5 Å². The normalized spacial score (nSPS) is 10.5. The van der Waals surface area contributed by atoms with Crippen LogP contribution in [0, 0.1) is 0 Å². The molecule has 5 heteroatoms. The molecule has 0 spiro atoms. The number of carboxylic acid groups (broad SMARTS) is 1. The molecule has 0 bridgehead atoms. The molecular formula is C17H13NO3S. The van der Waals surface area contributed by atoms with E-state index < -0.39 is 5.97 Å². The second-order valence-electron chi connectivity index (χ2n) is 4.88. The summed E-state index contributed by atoms with van der Waals surface area (Å²) in [6.45, 7) is 0. The average Bonchev–Trinajstić information content (AvgIpc) is 2.95. The lowest BCUT2D eigenvalue weighted by Gasteiger charge is -2.06. The third-order valence-electron chi connectivity index (χ3n) is 3.31. The van der Waals surface area contributed by atoms with Crippen molar-refractivity contribution in [3.63, 3.8) is 0 Å². The van der Waals surface area contributed by atoms with Gasteiger partial charge in [0.25, 0.3) is 0 Å². The molecule has 1 heterocycles. The quantitative estimate of drug-likeness (QED) is 0.770. The first kappa shape index (κ1) is 14.3. The number of hydrogen-bond donors (Lipinski definition) is 2. The van der Waals surface area contributed by atoms with E-state index in [0.717, 1.165) is 27.7 Å². The molecule has 4 nitrogen and oxygen atoms in total. The minimum Gasteiger partial charge on any atom is -0.477 e. The number of amides is 1. The Hall–Kier alpha value is -2.66. The van der Waals surface area contributed by atoms with Gasteiger partial charge in [0.15, 0.2) is 0 Å². The first-order valence-corrected chi connectivity index (χ1v) is 7.60. The maximum Gasteiger partial charge on any atom is 0.348 e. The number of fused-ring (bicyclic) bond motifs is 1. The summed E-state index contributed by atoms with van der Waals surface area (Å²) in [5.41, 5.74) is 1.24. The minimum absolute atomic E-state index is 0.145. The number of aromatic carboxylic acids is 1. The van der Waals surface area contributed by atoms with Gasteiger partial charge in [-0.05, 0) is 27.8 Å². The van der Waals surface area contributed by atoms with Crippen LogP contribution in [0.4, 0.5) is 5.69 Å². The number of thiophene rings is 1. The van der Waals surface area contributed by atoms with Gasteiger partial charge in [-0.2, -0.15) is 0 Å². The molecule has 0 fully saturated rings. The maximum absolute atomic E-state index is 12.1. The number of nitrogens with one attached hydrogen (secondary N) is 1. The van der Waals surface area contributed by atoms with Gasteiger partial charge in [-0.3, -0.25) is 4.79 Å². The van der Waals surface area contributed by atoms with Crippen molar-refractivity contribution < 1.29 is 14.7 Å². The second-order valence-corrected chi connectivity index (χ2v) is 5.79. The summed E-state index contributed by atoms with van der Waals surface area (Å²) in [5, 5.41) is 15.5. The van der Waals surface area contributed by atoms with E-state index in [9.17, 15) is 9.59 Å². The zero-order chi connectivity index (χ0) is 15.5. The van der Waals surface area contributed by atoms with Gasteiger partial charge in [0.2, 0.25) is 5.91 Å². The van der Waals surface area contributed by atoms with Crippen LogP contribution in [0.3, 0.4) is 0 Å². The van der Waals surface area contributed by atoms with Crippen molar-refractivity contribution in [2.75, 3.05) is 5.32 Å². The molecule has 3 rings (SSSR count). The Kier molecular flexibility index (Phi) is 3.89. The topological polar surface area (TPSA) is 66.4 Å². The molecule has 110 valence electrons. The summed E-state index contributed by atoms with van der Waals surface area (Å²) in [4.78, 5) is 23.3. The zero-order valence-electron chi connectivity index (χ0n) is 11.6. The fourth-order valence-electron chi connectivity index (χ4n) is 2.30. The molecule has 1 aromatic heterocycles. The van der Waals surface area contributed by atoms with Crippen LogP contribution in [0.2, 0.25) is 0 Å². The fraction of sp³-hybridized carbons (Fsp3) is 0.0588. The largest absolute Gasteiger partial charge is 0.477 e. The molecule has 22 heavy (non-hydrogen) atoms. The Balaban J connectivity index is 1.75. The number of rotatable bonds is 4. The Labute approximate surface area is 131 Å². The van der Waals surface area contributed by atoms with Gasteiger partial charge in [0.05, 0.1) is 12.1 Å². The Morgan fingerprint density at radius 2 is 1.82 bits per heavy atom. The number of carbonyl (C=O) groups is 2. The summed E-state index contributed by atoms with van der Waals surface area (Å²) < 4.78 is 0. The highest BCUT2D eigenvalue weighted by molar-refractivity contribution is 7.12. The van der Waals surface area contributed by atoms with E-state index in [0.29, 0.717) is 5.69 Å². The highest BCUT2D eigenvalue weighted by Crippen LogP contribution is 2.22. The first-order valence-electron chi connectivity index (χ1n) is 6.72. The monoisotopic (exact) mass is 311 g/mol. The molecule has 0 aliphatic rings. The van der Waals surface area contributed by atoms with Gasteiger partial charge in [0, 0.05) is 0 Å². The van der Waals surface area contributed by atoms with Crippen molar-refractivity contribution in [3.05, 3.63) is 64.4 Å². The van der Waals surface area contributed by atoms with Gasteiger partial charge in [0.1, 0.15) is 4.88 Å². The molecule has 0 atom stereocenters. The van der Waals surface area contributed by atoms with Gasteiger partial charge < -0.3 is 10.4 Å². The van der Waals surface area contributed by atoms with Crippen LogP contribution in [0.15, 0.2) is 53.9 Å². The molecule has 0 radical (unpaired) electrons. The van der Waals surface area contributed by atoms with E-state index >= 15 is 0 Å². The average molecular weight is 311 g/mol. The smallest absolute Gasteiger partial charge is 0.348 e. The number of benzene rings is 2. The minimum atomic E-state index is -1.03. The van der Waals surface area contributed by atoms with E-state index in [4.69, 9.17) is 5.11 Å². The summed E-state index contributed by atoms with van der Waals surface area (Å²) >= 11 is 1.09. The SMILES string of the molecule is O=C(Cc1ccc2ccccc2c1)Nc1ccsc1C(=O)O. The molecule has 3 aromatic rings. The number of hydrogen-bond acceptors (Lipinski definition) is 3. The van der Waals surface area contributed by atoms with Crippen molar-refractivity contribution in [2.45, 2.75) is 6.42 Å². The molecule has 0 unspecified atom stereocenters. The van der Waals surface area contributed by atoms with Crippen molar-refractivity contribution in [2.24, 2.45) is 0 Å². The molecule has 1 amide bonds. The fourth-order valence-corrected chi connectivity index (χ4v) is 2.99. The number of anilines is 1. The van der Waals surface area contributed by atoms with Crippen molar-refractivity contribution in [1.29, 1.82) is 0 Å². The van der Waals surface area contributed by atoms with Crippen LogP contribution in [0.1, 0.15) is 15.2 Å².